The zero-order valence-electron chi connectivity index (χ0n) is 12.8. The molecule has 0 saturated carbocycles. The van der Waals surface area contributed by atoms with Gasteiger partial charge < -0.3 is 14.5 Å². The predicted molar refractivity (Wildman–Crippen MR) is 78.0 cm³/mol. The van der Waals surface area contributed by atoms with Crippen LogP contribution in [0.4, 0.5) is 0 Å². The molecule has 0 fully saturated rings. The molecular formula is C15H28N2O2. The summed E-state index contributed by atoms with van der Waals surface area (Å²) in [6.07, 6.45) is 7.12. The topological polar surface area (TPSA) is 32.8 Å². The van der Waals surface area contributed by atoms with Gasteiger partial charge in [0.15, 0.2) is 0 Å². The number of ether oxygens (including phenoxy) is 1. The van der Waals surface area contributed by atoms with Crippen molar-refractivity contribution in [1.29, 1.82) is 0 Å². The molecule has 1 rings (SSSR count). The molecule has 19 heavy (non-hydrogen) atoms. The van der Waals surface area contributed by atoms with Gasteiger partial charge in [-0.2, -0.15) is 0 Å². The second-order valence-electron chi connectivity index (χ2n) is 5.68. The molecule has 2 unspecified atom stereocenters. The summed E-state index contributed by atoms with van der Waals surface area (Å²) in [4.78, 5) is 16.5. The van der Waals surface area contributed by atoms with Crippen LogP contribution >= 0.6 is 0 Å². The summed E-state index contributed by atoms with van der Waals surface area (Å²) in [5.41, 5.74) is 0. The number of methoxy groups -OCH3 is 1. The third kappa shape index (κ3) is 5.33. The lowest BCUT2D eigenvalue weighted by atomic mass is 9.82. The monoisotopic (exact) mass is 268 g/mol. The first-order chi connectivity index (χ1) is 9.06. The SMILES string of the molecule is COCC1CC=CCC1C(=O)N(C)CCCN(C)C. The van der Waals surface area contributed by atoms with Crippen molar-refractivity contribution in [3.8, 4) is 0 Å². The number of nitrogens with zero attached hydrogens (tertiary/aromatic N) is 2. The van der Waals surface area contributed by atoms with E-state index >= 15 is 0 Å². The van der Waals surface area contributed by atoms with E-state index in [4.69, 9.17) is 4.74 Å². The van der Waals surface area contributed by atoms with Crippen LogP contribution in [0.15, 0.2) is 12.2 Å². The van der Waals surface area contributed by atoms with Gasteiger partial charge in [0.2, 0.25) is 5.91 Å². The van der Waals surface area contributed by atoms with Gasteiger partial charge in [0, 0.05) is 26.6 Å². The molecule has 0 spiro atoms. The van der Waals surface area contributed by atoms with Crippen molar-refractivity contribution in [2.75, 3.05) is 47.9 Å². The van der Waals surface area contributed by atoms with Crippen LogP contribution in [0, 0.1) is 11.8 Å². The first-order valence-corrected chi connectivity index (χ1v) is 7.10. The molecule has 0 saturated heterocycles. The van der Waals surface area contributed by atoms with Crippen LogP contribution in [-0.2, 0) is 9.53 Å². The maximum Gasteiger partial charge on any atom is 0.226 e. The number of amides is 1. The average molecular weight is 268 g/mol. The lowest BCUT2D eigenvalue weighted by Gasteiger charge is -2.30. The van der Waals surface area contributed by atoms with Crippen molar-refractivity contribution in [3.05, 3.63) is 12.2 Å². The zero-order chi connectivity index (χ0) is 14.3. The number of carbonyl (C=O) groups is 1. The molecule has 0 aromatic heterocycles. The van der Waals surface area contributed by atoms with Gasteiger partial charge in [-0.05, 0) is 45.8 Å². The predicted octanol–water partition coefficient (Wildman–Crippen LogP) is 1.63. The van der Waals surface area contributed by atoms with E-state index in [0.717, 1.165) is 32.4 Å². The van der Waals surface area contributed by atoms with Gasteiger partial charge in [-0.1, -0.05) is 12.2 Å². The number of carbonyl (C=O) groups excluding carboxylic acids is 1. The van der Waals surface area contributed by atoms with Gasteiger partial charge in [0.05, 0.1) is 6.61 Å². The Morgan fingerprint density at radius 2 is 1.89 bits per heavy atom. The highest BCUT2D eigenvalue weighted by atomic mass is 16.5. The molecule has 1 aliphatic carbocycles. The van der Waals surface area contributed by atoms with Crippen molar-refractivity contribution in [1.82, 2.24) is 9.80 Å². The first-order valence-electron chi connectivity index (χ1n) is 7.10. The summed E-state index contributed by atoms with van der Waals surface area (Å²) in [6, 6.07) is 0. The minimum atomic E-state index is 0.0920. The minimum absolute atomic E-state index is 0.0920. The molecule has 0 N–H and O–H groups in total. The highest BCUT2D eigenvalue weighted by Crippen LogP contribution is 2.27. The Morgan fingerprint density at radius 3 is 2.53 bits per heavy atom. The standard InChI is InChI=1S/C15H28N2O2/c1-16(2)10-7-11-17(3)15(18)14-9-6-5-8-13(14)12-19-4/h5-6,13-14H,7-12H2,1-4H3. The Kier molecular flexibility index (Phi) is 7.10. The average Bonchev–Trinajstić information content (AvgIpc) is 2.38. The van der Waals surface area contributed by atoms with Gasteiger partial charge in [0.25, 0.3) is 0 Å². The maximum absolute atomic E-state index is 12.5. The summed E-state index contributed by atoms with van der Waals surface area (Å²) in [5.74, 6) is 0.693. The first kappa shape index (κ1) is 16.2. The number of hydrogen-bond acceptors (Lipinski definition) is 3. The van der Waals surface area contributed by atoms with Crippen LogP contribution in [0.25, 0.3) is 0 Å². The largest absolute Gasteiger partial charge is 0.384 e. The highest BCUT2D eigenvalue weighted by molar-refractivity contribution is 5.79. The van der Waals surface area contributed by atoms with Crippen LogP contribution in [-0.4, -0.2) is 63.7 Å². The molecular weight excluding hydrogens is 240 g/mol. The zero-order valence-corrected chi connectivity index (χ0v) is 12.8. The summed E-state index contributed by atoms with van der Waals surface area (Å²) < 4.78 is 5.24. The summed E-state index contributed by atoms with van der Waals surface area (Å²) in [6.45, 7) is 2.52. The van der Waals surface area contributed by atoms with Gasteiger partial charge in [-0.15, -0.1) is 0 Å². The maximum atomic E-state index is 12.5. The molecule has 0 aromatic carbocycles. The Balaban J connectivity index is 2.47. The molecule has 4 heteroatoms. The van der Waals surface area contributed by atoms with E-state index in [1.165, 1.54) is 0 Å². The number of rotatable bonds is 7. The molecule has 2 atom stereocenters. The van der Waals surface area contributed by atoms with Gasteiger partial charge in [-0.3, -0.25) is 4.79 Å². The minimum Gasteiger partial charge on any atom is -0.384 e. The number of allylic oxidation sites excluding steroid dienone is 2. The van der Waals surface area contributed by atoms with Crippen molar-refractivity contribution in [2.45, 2.75) is 19.3 Å². The van der Waals surface area contributed by atoms with Crippen LogP contribution in [0.1, 0.15) is 19.3 Å². The molecule has 110 valence electrons. The summed E-state index contributed by atoms with van der Waals surface area (Å²) in [5, 5.41) is 0. The fourth-order valence-corrected chi connectivity index (χ4v) is 2.59. The highest BCUT2D eigenvalue weighted by Gasteiger charge is 2.30. The molecule has 1 amide bonds. The van der Waals surface area contributed by atoms with Crippen LogP contribution in [0.5, 0.6) is 0 Å². The third-order valence-corrected chi connectivity index (χ3v) is 3.74. The van der Waals surface area contributed by atoms with Crippen LogP contribution in [0.3, 0.4) is 0 Å². The Morgan fingerprint density at radius 1 is 1.21 bits per heavy atom. The summed E-state index contributed by atoms with van der Waals surface area (Å²) in [7, 11) is 7.74. The molecule has 1 aliphatic rings. The lowest BCUT2D eigenvalue weighted by Crippen LogP contribution is -2.39. The normalized spacial score (nSPS) is 22.8. The van der Waals surface area contributed by atoms with E-state index in [1.54, 1.807) is 7.11 Å². The molecule has 0 heterocycles. The van der Waals surface area contributed by atoms with E-state index in [-0.39, 0.29) is 11.8 Å². The van der Waals surface area contributed by atoms with Gasteiger partial charge >= 0.3 is 0 Å². The summed E-state index contributed by atoms with van der Waals surface area (Å²) >= 11 is 0. The number of hydrogen-bond donors (Lipinski definition) is 0. The second-order valence-corrected chi connectivity index (χ2v) is 5.68. The smallest absolute Gasteiger partial charge is 0.226 e. The van der Waals surface area contributed by atoms with E-state index < -0.39 is 0 Å². The Hall–Kier alpha value is -0.870. The van der Waals surface area contributed by atoms with Gasteiger partial charge in [-0.25, -0.2) is 0 Å². The molecule has 0 bridgehead atoms. The van der Waals surface area contributed by atoms with E-state index in [1.807, 2.05) is 11.9 Å². The van der Waals surface area contributed by atoms with Crippen molar-refractivity contribution >= 4 is 5.91 Å². The fourth-order valence-electron chi connectivity index (χ4n) is 2.59. The quantitative estimate of drug-likeness (QED) is 0.658. The molecule has 0 aliphatic heterocycles. The van der Waals surface area contributed by atoms with E-state index in [9.17, 15) is 4.79 Å². The lowest BCUT2D eigenvalue weighted by molar-refractivity contribution is -0.137. The Bertz CT molecular complexity index is 303. The van der Waals surface area contributed by atoms with Crippen molar-refractivity contribution in [2.24, 2.45) is 11.8 Å². The molecule has 0 radical (unpaired) electrons. The Labute approximate surface area is 117 Å². The van der Waals surface area contributed by atoms with E-state index in [2.05, 4.69) is 31.1 Å². The van der Waals surface area contributed by atoms with Crippen molar-refractivity contribution in [3.63, 3.8) is 0 Å². The van der Waals surface area contributed by atoms with E-state index in [0.29, 0.717) is 12.5 Å². The fraction of sp³-hybridized carbons (Fsp3) is 0.800. The third-order valence-electron chi connectivity index (χ3n) is 3.74. The van der Waals surface area contributed by atoms with Crippen LogP contribution in [0.2, 0.25) is 0 Å². The molecule has 4 nitrogen and oxygen atoms in total. The van der Waals surface area contributed by atoms with Crippen molar-refractivity contribution < 1.29 is 9.53 Å². The molecule has 0 aromatic rings. The second kappa shape index (κ2) is 8.33. The van der Waals surface area contributed by atoms with Crippen LogP contribution < -0.4 is 0 Å². The van der Waals surface area contributed by atoms with Gasteiger partial charge in [0.1, 0.15) is 0 Å².